The van der Waals surface area contributed by atoms with Crippen LogP contribution in [-0.2, 0) is 6.54 Å². The van der Waals surface area contributed by atoms with E-state index in [1.807, 2.05) is 26.1 Å². The predicted octanol–water partition coefficient (Wildman–Crippen LogP) is 1.50. The molecule has 0 spiro atoms. The first kappa shape index (κ1) is 9.76. The van der Waals surface area contributed by atoms with Crippen LogP contribution in [0.4, 0.5) is 0 Å². The van der Waals surface area contributed by atoms with E-state index in [1.54, 1.807) is 0 Å². The van der Waals surface area contributed by atoms with Crippen molar-refractivity contribution in [2.75, 3.05) is 6.54 Å². The fourth-order valence-electron chi connectivity index (χ4n) is 1.05. The van der Waals surface area contributed by atoms with Crippen LogP contribution in [0.1, 0.15) is 18.2 Å². The molecule has 0 aliphatic rings. The molecule has 1 heterocycles. The topological polar surface area (TPSA) is 24.9 Å². The monoisotopic (exact) mass is 174 g/mol. The fraction of sp³-hybridized carbons (Fsp3) is 0.364. The Bertz CT molecular complexity index is 320. The first-order valence-corrected chi connectivity index (χ1v) is 4.35. The van der Waals surface area contributed by atoms with E-state index in [2.05, 4.69) is 28.2 Å². The highest BCUT2D eigenvalue weighted by Crippen LogP contribution is 2.01. The van der Waals surface area contributed by atoms with Crippen LogP contribution in [0.15, 0.2) is 18.3 Å². The molecule has 2 nitrogen and oxygen atoms in total. The van der Waals surface area contributed by atoms with Gasteiger partial charge >= 0.3 is 0 Å². The molecule has 1 aromatic heterocycles. The summed E-state index contributed by atoms with van der Waals surface area (Å²) in [5, 5.41) is 3.23. The smallest absolute Gasteiger partial charge is 0.0579 e. The van der Waals surface area contributed by atoms with Crippen molar-refractivity contribution in [1.82, 2.24) is 10.3 Å². The van der Waals surface area contributed by atoms with Gasteiger partial charge in [0.15, 0.2) is 0 Å². The lowest BCUT2D eigenvalue weighted by Gasteiger charge is -2.03. The molecule has 0 radical (unpaired) electrons. The second-order valence-corrected chi connectivity index (χ2v) is 2.78. The van der Waals surface area contributed by atoms with Crippen molar-refractivity contribution in [2.45, 2.75) is 20.4 Å². The van der Waals surface area contributed by atoms with E-state index >= 15 is 0 Å². The molecule has 0 saturated heterocycles. The van der Waals surface area contributed by atoms with Crippen LogP contribution in [-0.4, -0.2) is 11.5 Å². The second kappa shape index (κ2) is 5.34. The molecule has 0 saturated carbocycles. The van der Waals surface area contributed by atoms with Crippen LogP contribution in [0.2, 0.25) is 0 Å². The van der Waals surface area contributed by atoms with E-state index in [9.17, 15) is 0 Å². The second-order valence-electron chi connectivity index (χ2n) is 2.78. The lowest BCUT2D eigenvalue weighted by atomic mass is 10.2. The summed E-state index contributed by atoms with van der Waals surface area (Å²) in [5.41, 5.74) is 2.32. The Hall–Kier alpha value is -1.33. The lowest BCUT2D eigenvalue weighted by molar-refractivity contribution is 0.760. The molecular formula is C11H14N2. The number of nitrogens with one attached hydrogen (secondary N) is 1. The summed E-state index contributed by atoms with van der Waals surface area (Å²) in [5.74, 6) is 5.80. The highest BCUT2D eigenvalue weighted by molar-refractivity contribution is 5.18. The summed E-state index contributed by atoms with van der Waals surface area (Å²) in [4.78, 5) is 4.20. The third-order valence-corrected chi connectivity index (χ3v) is 1.82. The van der Waals surface area contributed by atoms with Crippen molar-refractivity contribution in [2.24, 2.45) is 0 Å². The highest BCUT2D eigenvalue weighted by atomic mass is 14.8. The van der Waals surface area contributed by atoms with Crippen LogP contribution in [0.5, 0.6) is 0 Å². The molecule has 0 aromatic carbocycles. The van der Waals surface area contributed by atoms with Gasteiger partial charge in [0.05, 0.1) is 6.54 Å². The molecule has 0 bridgehead atoms. The molecule has 0 aliphatic carbocycles. The minimum atomic E-state index is 0.741. The molecule has 0 unspecified atom stereocenters. The number of hydrogen-bond donors (Lipinski definition) is 1. The Labute approximate surface area is 79.4 Å². The third kappa shape index (κ3) is 3.27. The van der Waals surface area contributed by atoms with E-state index < -0.39 is 0 Å². The largest absolute Gasteiger partial charge is 0.302 e. The summed E-state index contributed by atoms with van der Waals surface area (Å²) in [6.07, 6.45) is 1.81. The van der Waals surface area contributed by atoms with E-state index in [0.717, 1.165) is 18.8 Å². The molecule has 2 heteroatoms. The maximum Gasteiger partial charge on any atom is 0.0579 e. The van der Waals surface area contributed by atoms with Crippen molar-refractivity contribution in [3.8, 4) is 11.8 Å². The van der Waals surface area contributed by atoms with Crippen LogP contribution in [0, 0.1) is 18.8 Å². The minimum Gasteiger partial charge on any atom is -0.302 e. The zero-order valence-corrected chi connectivity index (χ0v) is 8.09. The molecule has 13 heavy (non-hydrogen) atoms. The van der Waals surface area contributed by atoms with E-state index in [1.165, 1.54) is 5.56 Å². The van der Waals surface area contributed by atoms with Gasteiger partial charge < -0.3 is 5.32 Å². The molecule has 68 valence electrons. The first-order chi connectivity index (χ1) is 6.34. The molecule has 1 aromatic rings. The standard InChI is InChI=1S/C11H14N2/c1-3-4-7-12-9-11-6-5-8-13-10(11)2/h5-6,8,12H,7,9H2,1-2H3. The Morgan fingerprint density at radius 3 is 3.08 bits per heavy atom. The SMILES string of the molecule is CC#CCNCc1cccnc1C. The summed E-state index contributed by atoms with van der Waals surface area (Å²) in [7, 11) is 0. The zero-order valence-electron chi connectivity index (χ0n) is 8.09. The summed E-state index contributed by atoms with van der Waals surface area (Å²) >= 11 is 0. The van der Waals surface area contributed by atoms with Gasteiger partial charge in [0.2, 0.25) is 0 Å². The molecule has 0 atom stereocenters. The quantitative estimate of drug-likeness (QED) is 0.555. The number of nitrogens with zero attached hydrogens (tertiary/aromatic N) is 1. The van der Waals surface area contributed by atoms with Gasteiger partial charge in [-0.2, -0.15) is 0 Å². The summed E-state index contributed by atoms with van der Waals surface area (Å²) < 4.78 is 0. The molecule has 0 amide bonds. The highest BCUT2D eigenvalue weighted by Gasteiger charge is 1.95. The van der Waals surface area contributed by atoms with Gasteiger partial charge in [-0.05, 0) is 25.5 Å². The Balaban J connectivity index is 2.44. The number of aryl methyl sites for hydroxylation is 1. The molecular weight excluding hydrogens is 160 g/mol. The molecule has 1 rings (SSSR count). The average molecular weight is 174 g/mol. The van der Waals surface area contributed by atoms with Gasteiger partial charge in [0.1, 0.15) is 0 Å². The van der Waals surface area contributed by atoms with Crippen molar-refractivity contribution in [1.29, 1.82) is 0 Å². The van der Waals surface area contributed by atoms with Crippen LogP contribution in [0.25, 0.3) is 0 Å². The number of pyridine rings is 1. The van der Waals surface area contributed by atoms with E-state index in [0.29, 0.717) is 0 Å². The Kier molecular flexibility index (Phi) is 4.01. The number of hydrogen-bond acceptors (Lipinski definition) is 2. The Morgan fingerprint density at radius 1 is 1.54 bits per heavy atom. The van der Waals surface area contributed by atoms with Gasteiger partial charge in [0, 0.05) is 18.4 Å². The van der Waals surface area contributed by atoms with Gasteiger partial charge in [-0.15, -0.1) is 5.92 Å². The van der Waals surface area contributed by atoms with Crippen molar-refractivity contribution < 1.29 is 0 Å². The maximum atomic E-state index is 4.20. The van der Waals surface area contributed by atoms with Gasteiger partial charge in [-0.1, -0.05) is 12.0 Å². The fourth-order valence-corrected chi connectivity index (χ4v) is 1.05. The average Bonchev–Trinajstić information content (AvgIpc) is 2.15. The number of aromatic nitrogens is 1. The van der Waals surface area contributed by atoms with E-state index in [4.69, 9.17) is 0 Å². The third-order valence-electron chi connectivity index (χ3n) is 1.82. The maximum absolute atomic E-state index is 4.20. The van der Waals surface area contributed by atoms with Crippen LogP contribution < -0.4 is 5.32 Å². The number of rotatable bonds is 3. The van der Waals surface area contributed by atoms with Crippen molar-refractivity contribution >= 4 is 0 Å². The van der Waals surface area contributed by atoms with Gasteiger partial charge in [-0.25, -0.2) is 0 Å². The van der Waals surface area contributed by atoms with Crippen LogP contribution in [0.3, 0.4) is 0 Å². The van der Waals surface area contributed by atoms with E-state index in [-0.39, 0.29) is 0 Å². The van der Waals surface area contributed by atoms with Crippen molar-refractivity contribution in [3.63, 3.8) is 0 Å². The lowest BCUT2D eigenvalue weighted by Crippen LogP contribution is -2.14. The van der Waals surface area contributed by atoms with Crippen molar-refractivity contribution in [3.05, 3.63) is 29.6 Å². The molecule has 0 aliphatic heterocycles. The first-order valence-electron chi connectivity index (χ1n) is 4.35. The predicted molar refractivity (Wildman–Crippen MR) is 54.1 cm³/mol. The Morgan fingerprint density at radius 2 is 2.38 bits per heavy atom. The summed E-state index contributed by atoms with van der Waals surface area (Å²) in [6.45, 7) is 5.44. The van der Waals surface area contributed by atoms with Gasteiger partial charge in [0.25, 0.3) is 0 Å². The molecule has 0 fully saturated rings. The van der Waals surface area contributed by atoms with Gasteiger partial charge in [-0.3, -0.25) is 4.98 Å². The normalized spacial score (nSPS) is 9.08. The summed E-state index contributed by atoms with van der Waals surface area (Å²) in [6, 6.07) is 4.03. The minimum absolute atomic E-state index is 0.741. The molecule has 1 N–H and O–H groups in total. The van der Waals surface area contributed by atoms with Crippen LogP contribution >= 0.6 is 0 Å². The zero-order chi connectivity index (χ0) is 9.52.